The molecular weight excluding hydrogens is 206 g/mol. The minimum Gasteiger partial charge on any atom is -0.409 e. The fraction of sp³-hybridized carbons (Fsp3) is 0.273. The van der Waals surface area contributed by atoms with E-state index in [9.17, 15) is 4.79 Å². The number of benzene rings is 1. The number of nitrogens with one attached hydrogen (secondary N) is 1. The highest BCUT2D eigenvalue weighted by Crippen LogP contribution is 2.12. The van der Waals surface area contributed by atoms with E-state index in [1.54, 1.807) is 6.07 Å². The lowest BCUT2D eigenvalue weighted by atomic mass is 10.0. The number of hydrogen-bond acceptors (Lipinski definition) is 3. The Morgan fingerprint density at radius 1 is 1.50 bits per heavy atom. The molecule has 0 atom stereocenters. The Labute approximate surface area is 94.0 Å². The number of rotatable bonds is 3. The van der Waals surface area contributed by atoms with Crippen LogP contribution in [0.4, 0.5) is 0 Å². The third-order valence-corrected chi connectivity index (χ3v) is 2.41. The number of carbonyl (C=O) groups is 1. The van der Waals surface area contributed by atoms with Crippen LogP contribution in [0.3, 0.4) is 0 Å². The molecule has 1 aromatic carbocycles. The van der Waals surface area contributed by atoms with Crippen molar-refractivity contribution in [2.45, 2.75) is 13.8 Å². The highest BCUT2D eigenvalue weighted by atomic mass is 16.4. The fourth-order valence-electron chi connectivity index (χ4n) is 1.30. The van der Waals surface area contributed by atoms with Crippen LogP contribution in [-0.2, 0) is 0 Å². The number of carbonyl (C=O) groups excluding carboxylic acids is 1. The van der Waals surface area contributed by atoms with Crippen LogP contribution in [0.1, 0.15) is 21.5 Å². The SMILES string of the molecule is Cc1cccc(C(=O)NC/C(N)=N/O)c1C. The first-order valence-corrected chi connectivity index (χ1v) is 4.87. The molecule has 5 nitrogen and oxygen atoms in total. The summed E-state index contributed by atoms with van der Waals surface area (Å²) in [5.74, 6) is -0.258. The van der Waals surface area contributed by atoms with Gasteiger partial charge in [-0.25, -0.2) is 0 Å². The van der Waals surface area contributed by atoms with E-state index < -0.39 is 0 Å². The predicted octanol–water partition coefficient (Wildman–Crippen LogP) is 0.780. The average Bonchev–Trinajstić information content (AvgIpc) is 2.29. The maximum atomic E-state index is 11.7. The molecule has 0 radical (unpaired) electrons. The molecule has 0 aliphatic heterocycles. The van der Waals surface area contributed by atoms with Crippen molar-refractivity contribution in [3.63, 3.8) is 0 Å². The Morgan fingerprint density at radius 3 is 2.81 bits per heavy atom. The first kappa shape index (κ1) is 12.0. The van der Waals surface area contributed by atoms with Crippen LogP contribution in [0.5, 0.6) is 0 Å². The van der Waals surface area contributed by atoms with Crippen molar-refractivity contribution in [3.05, 3.63) is 34.9 Å². The van der Waals surface area contributed by atoms with E-state index >= 15 is 0 Å². The van der Waals surface area contributed by atoms with Crippen molar-refractivity contribution in [1.29, 1.82) is 0 Å². The molecule has 5 heteroatoms. The predicted molar refractivity (Wildman–Crippen MR) is 61.7 cm³/mol. The Bertz CT molecular complexity index is 427. The molecule has 0 aliphatic carbocycles. The van der Waals surface area contributed by atoms with Crippen LogP contribution in [0, 0.1) is 13.8 Å². The van der Waals surface area contributed by atoms with Gasteiger partial charge in [0.05, 0.1) is 6.54 Å². The van der Waals surface area contributed by atoms with Gasteiger partial charge in [0.25, 0.3) is 5.91 Å². The summed E-state index contributed by atoms with van der Waals surface area (Å²) < 4.78 is 0. The van der Waals surface area contributed by atoms with E-state index in [-0.39, 0.29) is 18.3 Å². The monoisotopic (exact) mass is 221 g/mol. The van der Waals surface area contributed by atoms with Crippen LogP contribution in [0.15, 0.2) is 23.4 Å². The summed E-state index contributed by atoms with van der Waals surface area (Å²) in [6.45, 7) is 3.85. The average molecular weight is 221 g/mol. The molecule has 1 aromatic rings. The third-order valence-electron chi connectivity index (χ3n) is 2.41. The Kier molecular flexibility index (Phi) is 3.88. The lowest BCUT2D eigenvalue weighted by Crippen LogP contribution is -2.33. The van der Waals surface area contributed by atoms with Crippen LogP contribution in [0.25, 0.3) is 0 Å². The smallest absolute Gasteiger partial charge is 0.251 e. The molecule has 1 rings (SSSR count). The number of oxime groups is 1. The van der Waals surface area contributed by atoms with Gasteiger partial charge in [0.2, 0.25) is 0 Å². The first-order valence-electron chi connectivity index (χ1n) is 4.87. The van der Waals surface area contributed by atoms with Crippen molar-refractivity contribution in [1.82, 2.24) is 5.32 Å². The quantitative estimate of drug-likeness (QED) is 0.305. The molecule has 86 valence electrons. The summed E-state index contributed by atoms with van der Waals surface area (Å²) in [5.41, 5.74) is 7.84. The lowest BCUT2D eigenvalue weighted by molar-refractivity contribution is 0.0958. The molecule has 4 N–H and O–H groups in total. The number of amidine groups is 1. The zero-order chi connectivity index (χ0) is 12.1. The minimum absolute atomic E-state index is 0.0290. The molecule has 0 heterocycles. The zero-order valence-electron chi connectivity index (χ0n) is 9.32. The van der Waals surface area contributed by atoms with Crippen molar-refractivity contribution in [3.8, 4) is 0 Å². The second-order valence-corrected chi connectivity index (χ2v) is 3.52. The fourth-order valence-corrected chi connectivity index (χ4v) is 1.30. The summed E-state index contributed by atoms with van der Waals surface area (Å²) in [7, 11) is 0. The first-order chi connectivity index (χ1) is 7.56. The molecular formula is C11H15N3O2. The van der Waals surface area contributed by atoms with Gasteiger partial charge in [-0.15, -0.1) is 0 Å². The molecule has 16 heavy (non-hydrogen) atoms. The van der Waals surface area contributed by atoms with Crippen LogP contribution < -0.4 is 11.1 Å². The highest BCUT2D eigenvalue weighted by molar-refractivity contribution is 5.98. The van der Waals surface area contributed by atoms with E-state index in [0.717, 1.165) is 11.1 Å². The molecule has 0 aromatic heterocycles. The lowest BCUT2D eigenvalue weighted by Gasteiger charge is -2.08. The van der Waals surface area contributed by atoms with Gasteiger partial charge in [0.1, 0.15) is 0 Å². The topological polar surface area (TPSA) is 87.7 Å². The zero-order valence-corrected chi connectivity index (χ0v) is 9.32. The number of nitrogens with zero attached hydrogens (tertiary/aromatic N) is 1. The van der Waals surface area contributed by atoms with Crippen molar-refractivity contribution in [2.75, 3.05) is 6.54 Å². The van der Waals surface area contributed by atoms with E-state index in [1.165, 1.54) is 0 Å². The summed E-state index contributed by atoms with van der Waals surface area (Å²) in [6, 6.07) is 5.50. The number of hydrogen-bond donors (Lipinski definition) is 3. The van der Waals surface area contributed by atoms with Gasteiger partial charge in [-0.2, -0.15) is 0 Å². The van der Waals surface area contributed by atoms with Gasteiger partial charge >= 0.3 is 0 Å². The van der Waals surface area contributed by atoms with Crippen molar-refractivity contribution < 1.29 is 10.0 Å². The Balaban J connectivity index is 2.78. The van der Waals surface area contributed by atoms with Crippen molar-refractivity contribution in [2.24, 2.45) is 10.9 Å². The molecule has 0 saturated heterocycles. The minimum atomic E-state index is -0.229. The van der Waals surface area contributed by atoms with E-state index in [4.69, 9.17) is 10.9 Å². The summed E-state index contributed by atoms with van der Waals surface area (Å²) in [5, 5.41) is 13.7. The molecule has 1 amide bonds. The van der Waals surface area contributed by atoms with Crippen LogP contribution in [0.2, 0.25) is 0 Å². The molecule has 0 unspecified atom stereocenters. The van der Waals surface area contributed by atoms with E-state index in [2.05, 4.69) is 10.5 Å². The number of nitrogens with two attached hydrogens (primary N) is 1. The standard InChI is InChI=1S/C11H15N3O2/c1-7-4-3-5-9(8(7)2)11(15)13-6-10(12)14-16/h3-5,16H,6H2,1-2H3,(H2,12,14)(H,13,15). The molecule has 0 bridgehead atoms. The Morgan fingerprint density at radius 2 is 2.19 bits per heavy atom. The van der Waals surface area contributed by atoms with E-state index in [1.807, 2.05) is 26.0 Å². The normalized spacial score (nSPS) is 11.2. The van der Waals surface area contributed by atoms with Gasteiger partial charge < -0.3 is 16.3 Å². The highest BCUT2D eigenvalue weighted by Gasteiger charge is 2.09. The Hall–Kier alpha value is -2.04. The maximum absolute atomic E-state index is 11.7. The van der Waals surface area contributed by atoms with Crippen molar-refractivity contribution >= 4 is 11.7 Å². The van der Waals surface area contributed by atoms with Crippen LogP contribution in [-0.4, -0.2) is 23.5 Å². The largest absolute Gasteiger partial charge is 0.409 e. The molecule has 0 aliphatic rings. The molecule has 0 fully saturated rings. The number of amides is 1. The van der Waals surface area contributed by atoms with Gasteiger partial charge in [0.15, 0.2) is 5.84 Å². The second kappa shape index (κ2) is 5.16. The third kappa shape index (κ3) is 2.73. The summed E-state index contributed by atoms with van der Waals surface area (Å²) in [4.78, 5) is 11.7. The van der Waals surface area contributed by atoms with Gasteiger partial charge in [0, 0.05) is 5.56 Å². The van der Waals surface area contributed by atoms with Gasteiger partial charge in [-0.05, 0) is 31.0 Å². The van der Waals surface area contributed by atoms with E-state index in [0.29, 0.717) is 5.56 Å². The molecule has 0 saturated carbocycles. The van der Waals surface area contributed by atoms with Gasteiger partial charge in [-0.3, -0.25) is 4.79 Å². The number of aryl methyl sites for hydroxylation is 1. The van der Waals surface area contributed by atoms with Gasteiger partial charge in [-0.1, -0.05) is 17.3 Å². The van der Waals surface area contributed by atoms with Crippen LogP contribution >= 0.6 is 0 Å². The maximum Gasteiger partial charge on any atom is 0.251 e. The summed E-state index contributed by atoms with van der Waals surface area (Å²) in [6.07, 6.45) is 0. The summed E-state index contributed by atoms with van der Waals surface area (Å²) >= 11 is 0. The second-order valence-electron chi connectivity index (χ2n) is 3.52. The molecule has 0 spiro atoms.